The number of benzene rings is 1. The van der Waals surface area contributed by atoms with E-state index in [1.807, 2.05) is 4.90 Å². The number of aromatic nitrogens is 4. The molecule has 1 saturated heterocycles. The molecule has 0 saturated carbocycles. The molecule has 1 aliphatic heterocycles. The number of methoxy groups -OCH3 is 3. The fraction of sp³-hybridized carbons (Fsp3) is 0.381. The molecule has 4 rings (SSSR count). The number of nitrogens with one attached hydrogen (secondary N) is 2. The van der Waals surface area contributed by atoms with Crippen molar-refractivity contribution in [1.29, 1.82) is 0 Å². The number of ether oxygens (including phenoxy) is 3. The Hall–Kier alpha value is -3.58. The Morgan fingerprint density at radius 2 is 1.82 bits per heavy atom. The molecule has 3 heterocycles. The molecule has 2 aromatic heterocycles. The summed E-state index contributed by atoms with van der Waals surface area (Å²) in [5.41, 5.74) is 0.578. The van der Waals surface area contributed by atoms with Gasteiger partial charge in [0.15, 0.2) is 11.9 Å². The van der Waals surface area contributed by atoms with Crippen molar-refractivity contribution in [2.75, 3.05) is 50.0 Å². The molecule has 11 nitrogen and oxygen atoms in total. The number of rotatable bonds is 9. The Bertz CT molecular complexity index is 1110. The average molecular weight is 490 g/mol. The molecular weight excluding hydrogens is 465 g/mol. The average Bonchev–Trinajstić information content (AvgIpc) is 3.49. The van der Waals surface area contributed by atoms with Crippen LogP contribution in [0.25, 0.3) is 0 Å². The minimum Gasteiger partial charge on any atom is -0.497 e. The van der Waals surface area contributed by atoms with E-state index >= 15 is 0 Å². The zero-order chi connectivity index (χ0) is 24.1. The summed E-state index contributed by atoms with van der Waals surface area (Å²) in [5.74, 6) is 0.702. The number of halogens is 1. The van der Waals surface area contributed by atoms with Crippen LogP contribution >= 0.6 is 11.3 Å². The summed E-state index contributed by atoms with van der Waals surface area (Å²) in [6, 6.07) is 8.12. The first kappa shape index (κ1) is 23.6. The zero-order valence-corrected chi connectivity index (χ0v) is 19.6. The van der Waals surface area contributed by atoms with E-state index in [0.29, 0.717) is 39.7 Å². The molecule has 0 aliphatic carbocycles. The van der Waals surface area contributed by atoms with Crippen LogP contribution in [0.15, 0.2) is 30.3 Å². The quantitative estimate of drug-likeness (QED) is 0.463. The highest BCUT2D eigenvalue weighted by Crippen LogP contribution is 2.30. The topological polar surface area (TPSA) is 124 Å². The van der Waals surface area contributed by atoms with Crippen LogP contribution in [0.2, 0.25) is 0 Å². The number of nitrogens with zero attached hydrogens (tertiary/aromatic N) is 5. The first-order chi connectivity index (χ1) is 16.5. The van der Waals surface area contributed by atoms with E-state index in [4.69, 9.17) is 14.2 Å². The minimum atomic E-state index is -0.899. The van der Waals surface area contributed by atoms with Crippen molar-refractivity contribution < 1.29 is 23.4 Å². The van der Waals surface area contributed by atoms with E-state index in [0.717, 1.165) is 13.0 Å². The molecule has 1 aliphatic rings. The predicted octanol–water partition coefficient (Wildman–Crippen LogP) is 2.50. The molecule has 180 valence electrons. The third kappa shape index (κ3) is 5.48. The van der Waals surface area contributed by atoms with Crippen LogP contribution < -0.4 is 25.0 Å². The van der Waals surface area contributed by atoms with Gasteiger partial charge in [0.2, 0.25) is 16.2 Å². The van der Waals surface area contributed by atoms with Gasteiger partial charge in [-0.15, -0.1) is 20.4 Å². The van der Waals surface area contributed by atoms with E-state index in [-0.39, 0.29) is 6.04 Å². The van der Waals surface area contributed by atoms with Crippen molar-refractivity contribution in [2.45, 2.75) is 18.6 Å². The van der Waals surface area contributed by atoms with E-state index in [2.05, 4.69) is 31.0 Å². The van der Waals surface area contributed by atoms with Gasteiger partial charge in [0.25, 0.3) is 5.91 Å². The number of hydrogen-bond donors (Lipinski definition) is 2. The van der Waals surface area contributed by atoms with Crippen molar-refractivity contribution in [3.8, 4) is 11.5 Å². The standard InChI is InChI=1S/C21H24FN7O4S/c1-31-14-8-12(9-15(10-14)32-2)18(33-3)19(30)24-21-28-27-20(34-21)23-13-6-7-29(11-13)17-5-4-16(22)25-26-17/h4-5,8-10,13,18H,6-7,11H2,1-3H3,(H,23,27)(H,24,28,30)/t13-,18+/m1/s1. The highest BCUT2D eigenvalue weighted by Gasteiger charge is 2.26. The van der Waals surface area contributed by atoms with Crippen molar-refractivity contribution in [3.05, 3.63) is 41.8 Å². The molecule has 2 atom stereocenters. The maximum atomic E-state index is 13.0. The Morgan fingerprint density at radius 3 is 2.47 bits per heavy atom. The number of amides is 1. The van der Waals surface area contributed by atoms with Gasteiger partial charge in [-0.05, 0) is 36.2 Å². The summed E-state index contributed by atoms with van der Waals surface area (Å²) < 4.78 is 29.0. The van der Waals surface area contributed by atoms with Gasteiger partial charge in [0.1, 0.15) is 11.5 Å². The summed E-state index contributed by atoms with van der Waals surface area (Å²) in [4.78, 5) is 14.9. The molecule has 34 heavy (non-hydrogen) atoms. The Balaban J connectivity index is 1.37. The van der Waals surface area contributed by atoms with Gasteiger partial charge in [0.05, 0.1) is 14.2 Å². The predicted molar refractivity (Wildman–Crippen MR) is 124 cm³/mol. The van der Waals surface area contributed by atoms with Gasteiger partial charge >= 0.3 is 0 Å². The van der Waals surface area contributed by atoms with Crippen LogP contribution in [0.1, 0.15) is 18.1 Å². The first-order valence-electron chi connectivity index (χ1n) is 10.4. The first-order valence-corrected chi connectivity index (χ1v) is 11.2. The fourth-order valence-electron chi connectivity index (χ4n) is 3.62. The highest BCUT2D eigenvalue weighted by atomic mass is 32.1. The largest absolute Gasteiger partial charge is 0.497 e. The fourth-order valence-corrected chi connectivity index (χ4v) is 4.34. The summed E-state index contributed by atoms with van der Waals surface area (Å²) in [7, 11) is 4.51. The third-order valence-corrected chi connectivity index (χ3v) is 6.03. The van der Waals surface area contributed by atoms with Crippen LogP contribution in [0.5, 0.6) is 11.5 Å². The molecule has 0 radical (unpaired) electrons. The third-order valence-electron chi connectivity index (χ3n) is 5.26. The van der Waals surface area contributed by atoms with Gasteiger partial charge in [-0.25, -0.2) is 0 Å². The van der Waals surface area contributed by atoms with Gasteiger partial charge in [-0.1, -0.05) is 11.3 Å². The second-order valence-electron chi connectivity index (χ2n) is 7.45. The highest BCUT2D eigenvalue weighted by molar-refractivity contribution is 7.19. The number of anilines is 3. The van der Waals surface area contributed by atoms with Crippen LogP contribution in [-0.4, -0.2) is 66.8 Å². The molecule has 13 heteroatoms. The smallest absolute Gasteiger partial charge is 0.259 e. The SMILES string of the molecule is COc1cc(OC)cc([C@H](OC)C(=O)Nc2nnc(N[C@@H]3CCN(c4ccc(F)nn4)C3)s2)c1. The van der Waals surface area contributed by atoms with Gasteiger partial charge in [-0.2, -0.15) is 4.39 Å². The Labute approximate surface area is 199 Å². The molecule has 1 amide bonds. The lowest BCUT2D eigenvalue weighted by Gasteiger charge is -2.17. The number of carbonyl (C=O) groups is 1. The second kappa shape index (κ2) is 10.6. The van der Waals surface area contributed by atoms with Gasteiger partial charge in [0, 0.05) is 32.3 Å². The Morgan fingerprint density at radius 1 is 1.09 bits per heavy atom. The van der Waals surface area contributed by atoms with Crippen molar-refractivity contribution >= 4 is 33.3 Å². The lowest BCUT2D eigenvalue weighted by molar-refractivity contribution is -0.126. The summed E-state index contributed by atoms with van der Waals surface area (Å²) in [5, 5.41) is 22.5. The van der Waals surface area contributed by atoms with Crippen LogP contribution in [-0.2, 0) is 9.53 Å². The van der Waals surface area contributed by atoms with E-state index in [9.17, 15) is 9.18 Å². The van der Waals surface area contributed by atoms with Crippen molar-refractivity contribution in [3.63, 3.8) is 0 Å². The van der Waals surface area contributed by atoms with Crippen molar-refractivity contribution in [2.24, 2.45) is 0 Å². The van der Waals surface area contributed by atoms with E-state index in [1.165, 1.54) is 38.7 Å². The molecule has 1 aromatic carbocycles. The zero-order valence-electron chi connectivity index (χ0n) is 18.8. The van der Waals surface area contributed by atoms with Crippen LogP contribution in [0.4, 0.5) is 20.5 Å². The molecule has 2 N–H and O–H groups in total. The lowest BCUT2D eigenvalue weighted by atomic mass is 10.1. The number of hydrogen-bond acceptors (Lipinski definition) is 11. The van der Waals surface area contributed by atoms with Gasteiger partial charge < -0.3 is 24.4 Å². The van der Waals surface area contributed by atoms with E-state index in [1.54, 1.807) is 24.3 Å². The second-order valence-corrected chi connectivity index (χ2v) is 8.43. The number of carbonyl (C=O) groups excluding carboxylic acids is 1. The summed E-state index contributed by atoms with van der Waals surface area (Å²) in [6.45, 7) is 1.41. The van der Waals surface area contributed by atoms with Crippen LogP contribution in [0.3, 0.4) is 0 Å². The van der Waals surface area contributed by atoms with Crippen molar-refractivity contribution in [1.82, 2.24) is 20.4 Å². The molecule has 0 unspecified atom stereocenters. The monoisotopic (exact) mass is 489 g/mol. The van der Waals surface area contributed by atoms with E-state index < -0.39 is 18.0 Å². The maximum Gasteiger partial charge on any atom is 0.259 e. The summed E-state index contributed by atoms with van der Waals surface area (Å²) in [6.07, 6.45) is -0.0615. The molecule has 3 aromatic rings. The maximum absolute atomic E-state index is 13.0. The molecule has 0 spiro atoms. The van der Waals surface area contributed by atoms with Crippen LogP contribution in [0, 0.1) is 5.95 Å². The molecular formula is C21H24FN7O4S. The lowest BCUT2D eigenvalue weighted by Crippen LogP contribution is -2.26. The molecule has 1 fully saturated rings. The normalized spacial score (nSPS) is 16.2. The molecule has 0 bridgehead atoms. The minimum absolute atomic E-state index is 0.0966. The summed E-state index contributed by atoms with van der Waals surface area (Å²) >= 11 is 1.22. The van der Waals surface area contributed by atoms with Gasteiger partial charge in [-0.3, -0.25) is 10.1 Å². The Kier molecular flexibility index (Phi) is 7.33.